The molecule has 0 aliphatic heterocycles. The number of aromatic nitrogens is 3. The van der Waals surface area contributed by atoms with Gasteiger partial charge < -0.3 is 5.32 Å². The Hall–Kier alpha value is -3.11. The van der Waals surface area contributed by atoms with Crippen LogP contribution in [0, 0.1) is 11.3 Å². The van der Waals surface area contributed by atoms with E-state index in [0.29, 0.717) is 22.3 Å². The van der Waals surface area contributed by atoms with Gasteiger partial charge in [0.05, 0.1) is 22.6 Å². The van der Waals surface area contributed by atoms with Crippen LogP contribution < -0.4 is 5.32 Å². The first-order valence-corrected chi connectivity index (χ1v) is 10.0. The molecule has 1 aromatic heterocycles. The average Bonchev–Trinajstić information content (AvgIpc) is 3.49. The van der Waals surface area contributed by atoms with Crippen LogP contribution in [0.1, 0.15) is 37.1 Å². The van der Waals surface area contributed by atoms with Crippen molar-refractivity contribution in [2.45, 2.75) is 36.1 Å². The van der Waals surface area contributed by atoms with Crippen LogP contribution in [-0.4, -0.2) is 25.9 Å². The molecule has 1 saturated carbocycles. The second-order valence-electron chi connectivity index (χ2n) is 6.71. The molecule has 140 valence electrons. The van der Waals surface area contributed by atoms with Crippen LogP contribution in [0.25, 0.3) is 5.69 Å². The van der Waals surface area contributed by atoms with Gasteiger partial charge >= 0.3 is 0 Å². The van der Waals surface area contributed by atoms with Gasteiger partial charge in [-0.05, 0) is 56.2 Å². The van der Waals surface area contributed by atoms with E-state index in [9.17, 15) is 4.79 Å². The number of anilines is 1. The number of carbonyl (C=O) groups is 1. The monoisotopic (exact) mass is 389 g/mol. The number of hydrogen-bond donors (Lipinski definition) is 1. The second-order valence-corrected chi connectivity index (χ2v) is 8.02. The van der Waals surface area contributed by atoms with Gasteiger partial charge in [0.2, 0.25) is 11.1 Å². The Balaban J connectivity index is 1.47. The van der Waals surface area contributed by atoms with Crippen molar-refractivity contribution in [3.63, 3.8) is 0 Å². The van der Waals surface area contributed by atoms with Gasteiger partial charge in [0.15, 0.2) is 0 Å². The second kappa shape index (κ2) is 7.87. The van der Waals surface area contributed by atoms with Crippen molar-refractivity contribution in [2.24, 2.45) is 0 Å². The van der Waals surface area contributed by atoms with E-state index in [4.69, 9.17) is 10.2 Å². The lowest BCUT2D eigenvalue weighted by atomic mass is 10.2. The quantitative estimate of drug-likeness (QED) is 0.641. The molecular weight excluding hydrogens is 370 g/mol. The molecule has 1 N–H and O–H groups in total. The molecular formula is C21H19N5OS. The maximum atomic E-state index is 12.5. The third-order valence-corrected chi connectivity index (χ3v) is 5.44. The third-order valence-electron chi connectivity index (χ3n) is 4.49. The molecule has 1 atom stereocenters. The number of para-hydroxylation sites is 1. The number of hydrogen-bond acceptors (Lipinski definition) is 5. The summed E-state index contributed by atoms with van der Waals surface area (Å²) in [7, 11) is 0. The van der Waals surface area contributed by atoms with Gasteiger partial charge in [-0.2, -0.15) is 5.26 Å². The molecule has 1 aliphatic rings. The standard InChI is InChI=1S/C21H19N5OS/c1-14(20(27)23-17-11-7-15(13-22)8-12-17)28-21-24-19(16-9-10-16)26(25-21)18-5-3-2-4-6-18/h2-8,11-12,14,16H,9-10H2,1H3,(H,23,27)/t14-/m0/s1. The maximum Gasteiger partial charge on any atom is 0.237 e. The number of nitrogens with one attached hydrogen (secondary N) is 1. The Morgan fingerprint density at radius 2 is 1.93 bits per heavy atom. The van der Waals surface area contributed by atoms with E-state index < -0.39 is 0 Å². The Bertz CT molecular complexity index is 1020. The summed E-state index contributed by atoms with van der Waals surface area (Å²) in [5, 5.41) is 16.6. The lowest BCUT2D eigenvalue weighted by molar-refractivity contribution is -0.115. The SMILES string of the molecule is C[C@H](Sc1nc(C2CC2)n(-c2ccccc2)n1)C(=O)Nc1ccc(C#N)cc1. The van der Waals surface area contributed by atoms with Gasteiger partial charge in [-0.15, -0.1) is 5.10 Å². The number of thioether (sulfide) groups is 1. The summed E-state index contributed by atoms with van der Waals surface area (Å²) in [6.07, 6.45) is 2.26. The highest BCUT2D eigenvalue weighted by Crippen LogP contribution is 2.40. The minimum atomic E-state index is -0.352. The van der Waals surface area contributed by atoms with Crippen LogP contribution in [0.3, 0.4) is 0 Å². The number of amides is 1. The molecule has 0 saturated heterocycles. The fraction of sp³-hybridized carbons (Fsp3) is 0.238. The number of carbonyl (C=O) groups excluding carboxylic acids is 1. The van der Waals surface area contributed by atoms with E-state index in [2.05, 4.69) is 16.5 Å². The minimum absolute atomic E-state index is 0.126. The van der Waals surface area contributed by atoms with Crippen LogP contribution >= 0.6 is 11.8 Å². The highest BCUT2D eigenvalue weighted by molar-refractivity contribution is 8.00. The minimum Gasteiger partial charge on any atom is -0.325 e. The molecule has 28 heavy (non-hydrogen) atoms. The molecule has 7 heteroatoms. The molecule has 6 nitrogen and oxygen atoms in total. The van der Waals surface area contributed by atoms with E-state index in [1.807, 2.05) is 41.9 Å². The van der Waals surface area contributed by atoms with Gasteiger partial charge in [0, 0.05) is 11.6 Å². The van der Waals surface area contributed by atoms with Crippen molar-refractivity contribution in [2.75, 3.05) is 5.32 Å². The first-order chi connectivity index (χ1) is 13.6. The molecule has 3 aromatic rings. The summed E-state index contributed by atoms with van der Waals surface area (Å²) in [4.78, 5) is 17.2. The highest BCUT2D eigenvalue weighted by atomic mass is 32.2. The van der Waals surface area contributed by atoms with Gasteiger partial charge in [-0.25, -0.2) is 9.67 Å². The predicted octanol–water partition coefficient (Wildman–Crippen LogP) is 4.14. The van der Waals surface area contributed by atoms with Crippen LogP contribution in [0.2, 0.25) is 0 Å². The van der Waals surface area contributed by atoms with E-state index in [0.717, 1.165) is 24.4 Å². The van der Waals surface area contributed by atoms with Crippen molar-refractivity contribution >= 4 is 23.4 Å². The number of rotatable bonds is 6. The molecule has 0 radical (unpaired) electrons. The molecule has 0 spiro atoms. The Morgan fingerprint density at radius 3 is 2.57 bits per heavy atom. The van der Waals surface area contributed by atoms with Gasteiger partial charge in [0.25, 0.3) is 0 Å². The molecule has 1 aliphatic carbocycles. The van der Waals surface area contributed by atoms with Crippen molar-refractivity contribution in [3.05, 3.63) is 66.0 Å². The summed E-state index contributed by atoms with van der Waals surface area (Å²) in [6, 6.07) is 18.8. The molecule has 1 heterocycles. The lowest BCUT2D eigenvalue weighted by Gasteiger charge is -2.10. The zero-order valence-corrected chi connectivity index (χ0v) is 16.2. The van der Waals surface area contributed by atoms with E-state index in [1.165, 1.54) is 11.8 Å². The summed E-state index contributed by atoms with van der Waals surface area (Å²) < 4.78 is 1.89. The molecule has 4 rings (SSSR count). The summed E-state index contributed by atoms with van der Waals surface area (Å²) >= 11 is 1.35. The largest absolute Gasteiger partial charge is 0.325 e. The van der Waals surface area contributed by atoms with Crippen LogP contribution in [0.4, 0.5) is 5.69 Å². The normalized spacial score (nSPS) is 14.3. The van der Waals surface area contributed by atoms with Crippen molar-refractivity contribution in [3.8, 4) is 11.8 Å². The maximum absolute atomic E-state index is 12.5. The van der Waals surface area contributed by atoms with E-state index >= 15 is 0 Å². The third kappa shape index (κ3) is 4.07. The van der Waals surface area contributed by atoms with Crippen LogP contribution in [0.15, 0.2) is 59.8 Å². The van der Waals surface area contributed by atoms with Crippen molar-refractivity contribution < 1.29 is 4.79 Å². The Labute approximate surface area is 167 Å². The Kier molecular flexibility index (Phi) is 5.13. The van der Waals surface area contributed by atoms with E-state index in [1.54, 1.807) is 24.3 Å². The first kappa shape index (κ1) is 18.3. The van der Waals surface area contributed by atoms with Crippen molar-refractivity contribution in [1.82, 2.24) is 14.8 Å². The van der Waals surface area contributed by atoms with Crippen LogP contribution in [-0.2, 0) is 4.79 Å². The molecule has 1 fully saturated rings. The topological polar surface area (TPSA) is 83.6 Å². The highest BCUT2D eigenvalue weighted by Gasteiger charge is 2.31. The molecule has 1 amide bonds. The smallest absolute Gasteiger partial charge is 0.237 e. The molecule has 0 bridgehead atoms. The first-order valence-electron chi connectivity index (χ1n) is 9.14. The average molecular weight is 389 g/mol. The van der Waals surface area contributed by atoms with Crippen molar-refractivity contribution in [1.29, 1.82) is 5.26 Å². The van der Waals surface area contributed by atoms with Gasteiger partial charge in [-0.1, -0.05) is 30.0 Å². The predicted molar refractivity (Wildman–Crippen MR) is 108 cm³/mol. The Morgan fingerprint density at radius 1 is 1.21 bits per heavy atom. The summed E-state index contributed by atoms with van der Waals surface area (Å²) in [6.45, 7) is 1.84. The zero-order chi connectivity index (χ0) is 19.5. The van der Waals surface area contributed by atoms with Gasteiger partial charge in [0.1, 0.15) is 5.82 Å². The molecule has 2 aromatic carbocycles. The zero-order valence-electron chi connectivity index (χ0n) is 15.4. The summed E-state index contributed by atoms with van der Waals surface area (Å²) in [5.41, 5.74) is 2.21. The van der Waals surface area contributed by atoms with Crippen LogP contribution in [0.5, 0.6) is 0 Å². The molecule has 0 unspecified atom stereocenters. The van der Waals surface area contributed by atoms with E-state index in [-0.39, 0.29) is 11.2 Å². The van der Waals surface area contributed by atoms with Gasteiger partial charge in [-0.3, -0.25) is 4.79 Å². The fourth-order valence-electron chi connectivity index (χ4n) is 2.80. The summed E-state index contributed by atoms with van der Waals surface area (Å²) in [5.74, 6) is 1.29. The lowest BCUT2D eigenvalue weighted by Crippen LogP contribution is -2.22. The number of nitrogens with zero attached hydrogens (tertiary/aromatic N) is 4. The number of nitriles is 1. The fourth-order valence-corrected chi connectivity index (χ4v) is 3.56. The number of benzene rings is 2.